The Balaban J connectivity index is 2.15. The van der Waals surface area contributed by atoms with Crippen LogP contribution in [0.1, 0.15) is 16.1 Å². The fourth-order valence-electron chi connectivity index (χ4n) is 2.29. The summed E-state index contributed by atoms with van der Waals surface area (Å²) >= 11 is 0. The number of aromatic nitrogens is 1. The standard InChI is InChI=1S/C18H12N2O3/c1-22-15-8-7-12-9-10-20-14(11-19)16(12)17(15)23-18(21)13-5-3-2-4-6-13/h2-10H,1H3. The fourth-order valence-corrected chi connectivity index (χ4v) is 2.29. The number of nitrogens with zero attached hydrogens (tertiary/aromatic N) is 2. The molecule has 3 rings (SSSR count). The predicted molar refractivity (Wildman–Crippen MR) is 84.4 cm³/mol. The van der Waals surface area contributed by atoms with E-state index in [9.17, 15) is 10.1 Å². The molecule has 0 atom stereocenters. The minimum atomic E-state index is -0.524. The molecule has 0 spiro atoms. The third-order valence-corrected chi connectivity index (χ3v) is 3.38. The van der Waals surface area contributed by atoms with E-state index in [2.05, 4.69) is 4.98 Å². The average molecular weight is 304 g/mol. The van der Waals surface area contributed by atoms with Gasteiger partial charge in [-0.2, -0.15) is 5.26 Å². The van der Waals surface area contributed by atoms with E-state index in [0.717, 1.165) is 5.39 Å². The first-order valence-corrected chi connectivity index (χ1v) is 6.87. The summed E-state index contributed by atoms with van der Waals surface area (Å²) in [4.78, 5) is 16.4. The molecule has 0 aliphatic rings. The van der Waals surface area contributed by atoms with Gasteiger partial charge in [-0.3, -0.25) is 0 Å². The molecular weight excluding hydrogens is 292 g/mol. The molecule has 1 heterocycles. The van der Waals surface area contributed by atoms with Gasteiger partial charge in [0.05, 0.1) is 18.1 Å². The van der Waals surface area contributed by atoms with Crippen molar-refractivity contribution >= 4 is 16.7 Å². The SMILES string of the molecule is COc1ccc2ccnc(C#N)c2c1OC(=O)c1ccccc1. The quantitative estimate of drug-likeness (QED) is 0.548. The van der Waals surface area contributed by atoms with E-state index < -0.39 is 5.97 Å². The van der Waals surface area contributed by atoms with Crippen LogP contribution >= 0.6 is 0 Å². The summed E-state index contributed by atoms with van der Waals surface area (Å²) in [5, 5.41) is 10.5. The van der Waals surface area contributed by atoms with E-state index in [1.807, 2.05) is 12.1 Å². The molecule has 0 saturated heterocycles. The van der Waals surface area contributed by atoms with Crippen LogP contribution in [0.5, 0.6) is 11.5 Å². The molecule has 0 amide bonds. The van der Waals surface area contributed by atoms with Gasteiger partial charge >= 0.3 is 5.97 Å². The number of carbonyl (C=O) groups is 1. The lowest BCUT2D eigenvalue weighted by molar-refractivity contribution is 0.0732. The molecule has 0 bridgehead atoms. The van der Waals surface area contributed by atoms with E-state index >= 15 is 0 Å². The van der Waals surface area contributed by atoms with Crippen molar-refractivity contribution in [3.63, 3.8) is 0 Å². The summed E-state index contributed by atoms with van der Waals surface area (Å²) in [5.74, 6) is 0.0407. The van der Waals surface area contributed by atoms with Crippen LogP contribution in [0.3, 0.4) is 0 Å². The maximum atomic E-state index is 12.3. The van der Waals surface area contributed by atoms with Crippen LogP contribution in [0.4, 0.5) is 0 Å². The molecule has 5 nitrogen and oxygen atoms in total. The second-order valence-electron chi connectivity index (χ2n) is 4.72. The molecule has 2 aromatic carbocycles. The fraction of sp³-hybridized carbons (Fsp3) is 0.0556. The van der Waals surface area contributed by atoms with Crippen LogP contribution in [-0.2, 0) is 0 Å². The Labute approximate surface area is 132 Å². The number of esters is 1. The van der Waals surface area contributed by atoms with Crippen molar-refractivity contribution in [3.05, 3.63) is 66.0 Å². The van der Waals surface area contributed by atoms with Gasteiger partial charge in [0.1, 0.15) is 6.07 Å². The summed E-state index contributed by atoms with van der Waals surface area (Å²) in [6.45, 7) is 0. The minimum absolute atomic E-state index is 0.178. The molecule has 1 aromatic heterocycles. The monoisotopic (exact) mass is 304 g/mol. The maximum absolute atomic E-state index is 12.3. The molecule has 3 aromatic rings. The highest BCUT2D eigenvalue weighted by molar-refractivity contribution is 5.98. The van der Waals surface area contributed by atoms with Crippen LogP contribution in [0.25, 0.3) is 10.8 Å². The third-order valence-electron chi connectivity index (χ3n) is 3.38. The molecule has 0 saturated carbocycles. The Kier molecular flexibility index (Phi) is 3.89. The van der Waals surface area contributed by atoms with Gasteiger partial charge in [-0.1, -0.05) is 24.3 Å². The van der Waals surface area contributed by atoms with Gasteiger partial charge in [-0.15, -0.1) is 0 Å². The second-order valence-corrected chi connectivity index (χ2v) is 4.72. The van der Waals surface area contributed by atoms with Crippen molar-refractivity contribution in [2.75, 3.05) is 7.11 Å². The van der Waals surface area contributed by atoms with Crippen LogP contribution < -0.4 is 9.47 Å². The van der Waals surface area contributed by atoms with Crippen molar-refractivity contribution in [3.8, 4) is 17.6 Å². The Morgan fingerprint density at radius 1 is 1.13 bits per heavy atom. The average Bonchev–Trinajstić information content (AvgIpc) is 2.62. The lowest BCUT2D eigenvalue weighted by Gasteiger charge is -2.12. The first-order chi connectivity index (χ1) is 11.2. The number of nitriles is 1. The van der Waals surface area contributed by atoms with Gasteiger partial charge in [0.15, 0.2) is 17.2 Å². The Hall–Kier alpha value is -3.39. The number of pyridine rings is 1. The van der Waals surface area contributed by atoms with Crippen LogP contribution in [0, 0.1) is 11.3 Å². The number of hydrogen-bond acceptors (Lipinski definition) is 5. The number of fused-ring (bicyclic) bond motifs is 1. The lowest BCUT2D eigenvalue weighted by atomic mass is 10.1. The molecule has 0 N–H and O–H groups in total. The molecule has 0 radical (unpaired) electrons. The highest BCUT2D eigenvalue weighted by Gasteiger charge is 2.18. The van der Waals surface area contributed by atoms with E-state index in [1.165, 1.54) is 13.3 Å². The van der Waals surface area contributed by atoms with Crippen LogP contribution in [0.2, 0.25) is 0 Å². The number of benzene rings is 2. The summed E-state index contributed by atoms with van der Waals surface area (Å²) < 4.78 is 10.8. The smallest absolute Gasteiger partial charge is 0.343 e. The van der Waals surface area contributed by atoms with Crippen molar-refractivity contribution in [2.45, 2.75) is 0 Å². The van der Waals surface area contributed by atoms with Gasteiger partial charge in [0, 0.05) is 6.20 Å². The normalized spacial score (nSPS) is 10.1. The van der Waals surface area contributed by atoms with Crippen molar-refractivity contribution in [1.82, 2.24) is 4.98 Å². The van der Waals surface area contributed by atoms with E-state index in [4.69, 9.17) is 9.47 Å². The highest BCUT2D eigenvalue weighted by atomic mass is 16.6. The molecule has 0 aliphatic carbocycles. The van der Waals surface area contributed by atoms with Crippen molar-refractivity contribution in [2.24, 2.45) is 0 Å². The first-order valence-electron chi connectivity index (χ1n) is 6.87. The number of ether oxygens (including phenoxy) is 2. The van der Waals surface area contributed by atoms with Crippen molar-refractivity contribution in [1.29, 1.82) is 5.26 Å². The molecule has 0 unspecified atom stereocenters. The second kappa shape index (κ2) is 6.16. The number of methoxy groups -OCH3 is 1. The van der Waals surface area contributed by atoms with Gasteiger partial charge in [-0.25, -0.2) is 9.78 Å². The van der Waals surface area contributed by atoms with Gasteiger partial charge in [0.25, 0.3) is 0 Å². The molecule has 0 aliphatic heterocycles. The molecule has 5 heteroatoms. The number of carbonyl (C=O) groups excluding carboxylic acids is 1. The number of rotatable bonds is 3. The number of hydrogen-bond donors (Lipinski definition) is 0. The predicted octanol–water partition coefficient (Wildman–Crippen LogP) is 3.33. The summed E-state index contributed by atoms with van der Waals surface area (Å²) in [6.07, 6.45) is 1.54. The first kappa shape index (κ1) is 14.5. The summed E-state index contributed by atoms with van der Waals surface area (Å²) in [7, 11) is 1.48. The Bertz CT molecular complexity index is 915. The zero-order valence-electron chi connectivity index (χ0n) is 12.3. The molecule has 112 valence electrons. The Morgan fingerprint density at radius 2 is 1.91 bits per heavy atom. The lowest BCUT2D eigenvalue weighted by Crippen LogP contribution is -2.10. The highest BCUT2D eigenvalue weighted by Crippen LogP contribution is 2.37. The van der Waals surface area contributed by atoms with E-state index in [0.29, 0.717) is 16.7 Å². The summed E-state index contributed by atoms with van der Waals surface area (Å²) in [5.41, 5.74) is 0.589. The topological polar surface area (TPSA) is 72.2 Å². The third kappa shape index (κ3) is 2.70. The molecular formula is C18H12N2O3. The van der Waals surface area contributed by atoms with E-state index in [1.54, 1.807) is 42.5 Å². The van der Waals surface area contributed by atoms with E-state index in [-0.39, 0.29) is 11.4 Å². The van der Waals surface area contributed by atoms with Crippen molar-refractivity contribution < 1.29 is 14.3 Å². The zero-order chi connectivity index (χ0) is 16.2. The largest absolute Gasteiger partial charge is 0.493 e. The van der Waals surface area contributed by atoms with Gasteiger partial charge in [0.2, 0.25) is 0 Å². The minimum Gasteiger partial charge on any atom is -0.493 e. The molecule has 23 heavy (non-hydrogen) atoms. The van der Waals surface area contributed by atoms with Gasteiger partial charge < -0.3 is 9.47 Å². The maximum Gasteiger partial charge on any atom is 0.343 e. The Morgan fingerprint density at radius 3 is 2.61 bits per heavy atom. The van der Waals surface area contributed by atoms with Crippen LogP contribution in [0.15, 0.2) is 54.7 Å². The van der Waals surface area contributed by atoms with Crippen LogP contribution in [-0.4, -0.2) is 18.1 Å². The van der Waals surface area contributed by atoms with Gasteiger partial charge in [-0.05, 0) is 29.7 Å². The summed E-state index contributed by atoms with van der Waals surface area (Å²) in [6, 6.07) is 15.9. The zero-order valence-corrected chi connectivity index (χ0v) is 12.3. The molecule has 0 fully saturated rings.